The molecule has 0 bridgehead atoms. The SMILES string of the molecule is Cc1cc(OCCCC(=O)Nc2sc3c(c2C(N)=O)CCCC3)ccc1Cl. The van der Waals surface area contributed by atoms with Crippen molar-refractivity contribution < 1.29 is 14.3 Å². The number of carbonyl (C=O) groups excluding carboxylic acids is 2. The van der Waals surface area contributed by atoms with Crippen LogP contribution in [0.5, 0.6) is 5.75 Å². The van der Waals surface area contributed by atoms with Gasteiger partial charge < -0.3 is 15.8 Å². The van der Waals surface area contributed by atoms with Crippen LogP contribution in [0.3, 0.4) is 0 Å². The number of ether oxygens (including phenoxy) is 1. The standard InChI is InChI=1S/C20H23ClN2O3S/c1-12-11-13(8-9-15(12)21)26-10-4-7-17(24)23-20-18(19(22)25)14-5-2-3-6-16(14)27-20/h8-9,11H,2-7,10H2,1H3,(H2,22,25)(H,23,24). The topological polar surface area (TPSA) is 81.4 Å². The van der Waals surface area contributed by atoms with E-state index in [9.17, 15) is 9.59 Å². The van der Waals surface area contributed by atoms with Crippen LogP contribution in [0.1, 0.15) is 52.0 Å². The second-order valence-corrected chi connectivity index (χ2v) is 8.20. The highest BCUT2D eigenvalue weighted by atomic mass is 35.5. The molecule has 5 nitrogen and oxygen atoms in total. The fourth-order valence-electron chi connectivity index (χ4n) is 3.23. The molecular formula is C20H23ClN2O3S. The summed E-state index contributed by atoms with van der Waals surface area (Å²) in [7, 11) is 0. The molecule has 1 heterocycles. The summed E-state index contributed by atoms with van der Waals surface area (Å²) in [6.07, 6.45) is 4.86. The second-order valence-electron chi connectivity index (χ2n) is 6.69. The lowest BCUT2D eigenvalue weighted by molar-refractivity contribution is -0.116. The number of fused-ring (bicyclic) bond motifs is 1. The number of rotatable bonds is 7. The zero-order valence-corrected chi connectivity index (χ0v) is 16.8. The van der Waals surface area contributed by atoms with E-state index < -0.39 is 5.91 Å². The molecule has 0 fully saturated rings. The highest BCUT2D eigenvalue weighted by molar-refractivity contribution is 7.17. The fraction of sp³-hybridized carbons (Fsp3) is 0.400. The van der Waals surface area contributed by atoms with Gasteiger partial charge >= 0.3 is 0 Å². The summed E-state index contributed by atoms with van der Waals surface area (Å²) in [5, 5.41) is 4.16. The quantitative estimate of drug-likeness (QED) is 0.665. The highest BCUT2D eigenvalue weighted by Gasteiger charge is 2.24. The molecular weight excluding hydrogens is 384 g/mol. The van der Waals surface area contributed by atoms with Gasteiger partial charge in [-0.05, 0) is 68.4 Å². The zero-order valence-electron chi connectivity index (χ0n) is 15.3. The first-order valence-corrected chi connectivity index (χ1v) is 10.3. The van der Waals surface area contributed by atoms with Gasteiger partial charge in [-0.3, -0.25) is 9.59 Å². The molecule has 0 radical (unpaired) electrons. The van der Waals surface area contributed by atoms with Gasteiger partial charge in [0.2, 0.25) is 5.91 Å². The fourth-order valence-corrected chi connectivity index (χ4v) is 4.66. The Labute approximate surface area is 167 Å². The van der Waals surface area contributed by atoms with E-state index in [1.807, 2.05) is 19.1 Å². The lowest BCUT2D eigenvalue weighted by atomic mass is 9.95. The number of aryl methyl sites for hydroxylation is 2. The van der Waals surface area contributed by atoms with Gasteiger partial charge in [-0.15, -0.1) is 11.3 Å². The Morgan fingerprint density at radius 1 is 1.30 bits per heavy atom. The van der Waals surface area contributed by atoms with Gasteiger partial charge in [-0.2, -0.15) is 0 Å². The van der Waals surface area contributed by atoms with Crippen LogP contribution in [-0.4, -0.2) is 18.4 Å². The molecule has 0 aliphatic heterocycles. The normalized spacial score (nSPS) is 13.1. The van der Waals surface area contributed by atoms with Crippen molar-refractivity contribution in [2.45, 2.75) is 45.4 Å². The lowest BCUT2D eigenvalue weighted by Crippen LogP contribution is -2.18. The molecule has 1 aliphatic rings. The summed E-state index contributed by atoms with van der Waals surface area (Å²) in [6, 6.07) is 5.48. The number of nitrogens with two attached hydrogens (primary N) is 1. The van der Waals surface area contributed by atoms with Crippen LogP contribution in [0.15, 0.2) is 18.2 Å². The number of primary amides is 1. The Kier molecular flexibility index (Phi) is 6.39. The minimum Gasteiger partial charge on any atom is -0.494 e. The van der Waals surface area contributed by atoms with Crippen LogP contribution in [0.2, 0.25) is 5.02 Å². The first kappa shape index (κ1) is 19.7. The summed E-state index contributed by atoms with van der Waals surface area (Å²) in [5.74, 6) is 0.136. The number of hydrogen-bond acceptors (Lipinski definition) is 4. The Hall–Kier alpha value is -2.05. The van der Waals surface area contributed by atoms with E-state index in [0.717, 1.165) is 42.6 Å². The van der Waals surface area contributed by atoms with E-state index in [2.05, 4.69) is 5.32 Å². The smallest absolute Gasteiger partial charge is 0.251 e. The van der Waals surface area contributed by atoms with Crippen molar-refractivity contribution >= 4 is 39.8 Å². The predicted octanol–water partition coefficient (Wildman–Crippen LogP) is 4.49. The van der Waals surface area contributed by atoms with Gasteiger partial charge in [0, 0.05) is 16.3 Å². The van der Waals surface area contributed by atoms with Gasteiger partial charge in [0.15, 0.2) is 0 Å². The number of amides is 2. The van der Waals surface area contributed by atoms with Crippen molar-refractivity contribution in [2.24, 2.45) is 5.73 Å². The molecule has 7 heteroatoms. The number of anilines is 1. The van der Waals surface area contributed by atoms with Crippen molar-refractivity contribution in [1.29, 1.82) is 0 Å². The minimum absolute atomic E-state index is 0.132. The van der Waals surface area contributed by atoms with E-state index in [4.69, 9.17) is 22.1 Å². The number of thiophene rings is 1. The molecule has 144 valence electrons. The van der Waals surface area contributed by atoms with Gasteiger partial charge in [0.25, 0.3) is 5.91 Å². The third-order valence-corrected chi connectivity index (χ3v) is 6.25. The van der Waals surface area contributed by atoms with Gasteiger partial charge in [-0.1, -0.05) is 11.6 Å². The summed E-state index contributed by atoms with van der Waals surface area (Å²) in [6.45, 7) is 2.34. The van der Waals surface area contributed by atoms with Gasteiger partial charge in [-0.25, -0.2) is 0 Å². The molecule has 0 spiro atoms. The van der Waals surface area contributed by atoms with Crippen molar-refractivity contribution in [3.8, 4) is 5.75 Å². The molecule has 2 aromatic rings. The number of hydrogen-bond donors (Lipinski definition) is 2. The minimum atomic E-state index is -0.467. The molecule has 3 rings (SSSR count). The Morgan fingerprint density at radius 3 is 2.81 bits per heavy atom. The molecule has 27 heavy (non-hydrogen) atoms. The maximum absolute atomic E-state index is 12.3. The zero-order chi connectivity index (χ0) is 19.4. The summed E-state index contributed by atoms with van der Waals surface area (Å²) in [4.78, 5) is 25.3. The second kappa shape index (κ2) is 8.76. The summed E-state index contributed by atoms with van der Waals surface area (Å²) < 4.78 is 5.66. The maximum atomic E-state index is 12.3. The number of halogens is 1. The molecule has 0 saturated heterocycles. The van der Waals surface area contributed by atoms with Crippen molar-refractivity contribution in [1.82, 2.24) is 0 Å². The van der Waals surface area contributed by atoms with E-state index >= 15 is 0 Å². The Morgan fingerprint density at radius 2 is 2.07 bits per heavy atom. The number of carbonyl (C=O) groups is 2. The third kappa shape index (κ3) is 4.82. The molecule has 1 aromatic heterocycles. The number of benzene rings is 1. The molecule has 1 aromatic carbocycles. The lowest BCUT2D eigenvalue weighted by Gasteiger charge is -2.11. The van der Waals surface area contributed by atoms with Crippen LogP contribution in [-0.2, 0) is 17.6 Å². The van der Waals surface area contributed by atoms with Crippen LogP contribution in [0.4, 0.5) is 5.00 Å². The maximum Gasteiger partial charge on any atom is 0.251 e. The molecule has 3 N–H and O–H groups in total. The van der Waals surface area contributed by atoms with Crippen LogP contribution in [0, 0.1) is 6.92 Å². The van der Waals surface area contributed by atoms with E-state index in [1.165, 1.54) is 16.2 Å². The number of nitrogens with one attached hydrogen (secondary N) is 1. The molecule has 0 unspecified atom stereocenters. The molecule has 2 amide bonds. The molecule has 1 aliphatic carbocycles. The van der Waals surface area contributed by atoms with Crippen molar-refractivity contribution in [3.05, 3.63) is 44.8 Å². The first-order valence-electron chi connectivity index (χ1n) is 9.09. The highest BCUT2D eigenvalue weighted by Crippen LogP contribution is 2.37. The summed E-state index contributed by atoms with van der Waals surface area (Å²) in [5.41, 5.74) is 8.03. The van der Waals surface area contributed by atoms with E-state index in [0.29, 0.717) is 35.0 Å². The first-order chi connectivity index (χ1) is 13.0. The average Bonchev–Trinajstić information content (AvgIpc) is 2.99. The van der Waals surface area contributed by atoms with Crippen LogP contribution in [0.25, 0.3) is 0 Å². The molecule has 0 atom stereocenters. The van der Waals surface area contributed by atoms with E-state index in [1.54, 1.807) is 6.07 Å². The third-order valence-electron chi connectivity index (χ3n) is 4.62. The monoisotopic (exact) mass is 406 g/mol. The molecule has 0 saturated carbocycles. The van der Waals surface area contributed by atoms with Gasteiger partial charge in [0.1, 0.15) is 10.8 Å². The summed E-state index contributed by atoms with van der Waals surface area (Å²) >= 11 is 7.47. The predicted molar refractivity (Wildman–Crippen MR) is 109 cm³/mol. The average molecular weight is 407 g/mol. The largest absolute Gasteiger partial charge is 0.494 e. The van der Waals surface area contributed by atoms with Crippen LogP contribution < -0.4 is 15.8 Å². The van der Waals surface area contributed by atoms with E-state index in [-0.39, 0.29) is 5.91 Å². The van der Waals surface area contributed by atoms with Crippen molar-refractivity contribution in [2.75, 3.05) is 11.9 Å². The van der Waals surface area contributed by atoms with Gasteiger partial charge in [0.05, 0.1) is 12.2 Å². The Bertz CT molecular complexity index is 863. The Balaban J connectivity index is 1.53. The van der Waals surface area contributed by atoms with Crippen molar-refractivity contribution in [3.63, 3.8) is 0 Å². The van der Waals surface area contributed by atoms with Crippen LogP contribution >= 0.6 is 22.9 Å².